The van der Waals surface area contributed by atoms with Crippen LogP contribution in [0.5, 0.6) is 0 Å². The molecule has 4 heterocycles. The number of phosphoric acid groups is 1. The maximum atomic E-state index is 14.0. The third kappa shape index (κ3) is 6.50. The molecule has 2 aromatic heterocycles. The number of alkyl halides is 1. The van der Waals surface area contributed by atoms with Crippen LogP contribution in [0, 0.1) is 0 Å². The van der Waals surface area contributed by atoms with E-state index in [4.69, 9.17) is 45.8 Å². The first-order valence-corrected chi connectivity index (χ1v) is 16.7. The molecule has 0 bridgehead atoms. The minimum atomic E-state index is -5.53. The lowest BCUT2D eigenvalue weighted by Crippen LogP contribution is -2.60. The normalized spacial score (nSPS) is 37.8. The first kappa shape index (κ1) is 35.3. The van der Waals surface area contributed by atoms with Gasteiger partial charge in [0.15, 0.2) is 23.9 Å². The second-order valence-corrected chi connectivity index (χ2v) is 14.5. The Morgan fingerprint density at radius 2 is 1.93 bits per heavy atom. The van der Waals surface area contributed by atoms with Crippen molar-refractivity contribution >= 4 is 43.3 Å². The lowest BCUT2D eigenvalue weighted by atomic mass is 9.83. The minimum Gasteiger partial charge on any atom is -0.458 e. The number of methoxy groups -OCH3 is 1. The Balaban J connectivity index is 1.50. The maximum absolute atomic E-state index is 14.0. The molecular weight excluding hydrogens is 659 g/mol. The molecule has 12 atom stereocenters. The fourth-order valence-electron chi connectivity index (χ4n) is 4.94. The third-order valence-electron chi connectivity index (χ3n) is 7.26. The summed E-state index contributed by atoms with van der Waals surface area (Å²) in [6.45, 7) is -1.62. The summed E-state index contributed by atoms with van der Waals surface area (Å²) in [6.07, 6.45) is -12.0. The number of fused-ring (bicyclic) bond motifs is 1. The summed E-state index contributed by atoms with van der Waals surface area (Å²) in [4.78, 5) is 28.8. The molecule has 4 rings (SSSR count). The maximum Gasteiger partial charge on any atom is 0.481 e. The molecule has 0 spiro atoms. The van der Waals surface area contributed by atoms with Crippen molar-refractivity contribution in [3.8, 4) is 0 Å². The fourth-order valence-corrected chi connectivity index (χ4v) is 8.10. The van der Waals surface area contributed by atoms with Gasteiger partial charge in [-0.25, -0.2) is 23.2 Å². The second kappa shape index (κ2) is 12.9. The van der Waals surface area contributed by atoms with Gasteiger partial charge in [-0.15, -0.1) is 6.58 Å². The van der Waals surface area contributed by atoms with E-state index >= 15 is 0 Å². The zero-order chi connectivity index (χ0) is 32.8. The predicted octanol–water partition coefficient (Wildman–Crippen LogP) is -0.928. The number of hydrogen-bond donors (Lipinski definition) is 8. The predicted molar refractivity (Wildman–Crippen MR) is 148 cm³/mol. The van der Waals surface area contributed by atoms with Crippen LogP contribution in [0.25, 0.3) is 11.1 Å². The molecule has 0 radical (unpaired) electrons. The van der Waals surface area contributed by atoms with Crippen LogP contribution in [-0.4, -0.2) is 120 Å². The van der Waals surface area contributed by atoms with Gasteiger partial charge in [0, 0.05) is 12.7 Å². The van der Waals surface area contributed by atoms with Crippen LogP contribution in [0.3, 0.4) is 0 Å². The van der Waals surface area contributed by atoms with Gasteiger partial charge in [0.25, 0.3) is 0 Å². The molecule has 0 amide bonds. The number of ether oxygens (including phenoxy) is 3. The average Bonchev–Trinajstić information content (AvgIpc) is 3.49. The van der Waals surface area contributed by atoms with E-state index in [1.807, 2.05) is 0 Å². The van der Waals surface area contributed by atoms with Crippen LogP contribution >= 0.6 is 14.5 Å². The highest BCUT2D eigenvalue weighted by molar-refractivity contribution is 8.08. The number of rotatable bonds is 12. The van der Waals surface area contributed by atoms with Gasteiger partial charge < -0.3 is 64.2 Å². The molecular formula is C22H32FN3O15P2S. The Kier molecular flexibility index (Phi) is 10.4. The highest BCUT2D eigenvalue weighted by Crippen LogP contribution is 2.62. The van der Waals surface area contributed by atoms with Gasteiger partial charge in [-0.1, -0.05) is 6.08 Å². The van der Waals surface area contributed by atoms with Crippen LogP contribution in [0.15, 0.2) is 29.7 Å². The Morgan fingerprint density at radius 1 is 1.25 bits per heavy atom. The number of aromatic nitrogens is 2. The molecule has 22 heteroatoms. The first-order valence-electron chi connectivity index (χ1n) is 12.6. The molecule has 2 saturated heterocycles. The van der Waals surface area contributed by atoms with Gasteiger partial charge in [0.2, 0.25) is 0 Å². The Labute approximate surface area is 253 Å². The largest absolute Gasteiger partial charge is 0.481 e. The number of halogens is 1. The van der Waals surface area contributed by atoms with Crippen molar-refractivity contribution in [1.82, 2.24) is 9.97 Å². The van der Waals surface area contributed by atoms with E-state index in [-0.39, 0.29) is 22.5 Å². The number of aliphatic hydroxyl groups is 5. The Morgan fingerprint density at radius 3 is 2.55 bits per heavy atom. The molecule has 2 aliphatic heterocycles. The van der Waals surface area contributed by atoms with Crippen LogP contribution in [0.2, 0.25) is 0 Å². The Hall–Kier alpha value is -1.55. The van der Waals surface area contributed by atoms with Crippen molar-refractivity contribution < 1.29 is 76.3 Å². The number of hydrogen-bond acceptors (Lipinski definition) is 17. The van der Waals surface area contributed by atoms with E-state index in [0.29, 0.717) is 0 Å². The van der Waals surface area contributed by atoms with E-state index in [9.17, 15) is 39.2 Å². The fraction of sp³-hybridized carbons (Fsp3) is 0.636. The van der Waals surface area contributed by atoms with E-state index in [1.54, 1.807) is 0 Å². The van der Waals surface area contributed by atoms with Gasteiger partial charge in [0.1, 0.15) is 59.7 Å². The van der Waals surface area contributed by atoms with Crippen LogP contribution < -0.4 is 5.73 Å². The highest BCUT2D eigenvalue weighted by Gasteiger charge is 2.62. The van der Waals surface area contributed by atoms with E-state index in [0.717, 1.165) is 0 Å². The molecule has 2 aromatic rings. The molecule has 7 unspecified atom stereocenters. The monoisotopic (exact) mass is 691 g/mol. The van der Waals surface area contributed by atoms with Gasteiger partial charge >= 0.3 is 14.5 Å². The molecule has 44 heavy (non-hydrogen) atoms. The van der Waals surface area contributed by atoms with Crippen LogP contribution in [0.4, 0.5) is 10.2 Å². The summed E-state index contributed by atoms with van der Waals surface area (Å²) in [6, 6.07) is 0. The number of nitrogen functional groups attached to an aromatic ring is 1. The van der Waals surface area contributed by atoms with Crippen LogP contribution in [0.1, 0.15) is 18.6 Å². The Bertz CT molecular complexity index is 1460. The number of furan rings is 1. The zero-order valence-electron chi connectivity index (χ0n) is 23.0. The van der Waals surface area contributed by atoms with Gasteiger partial charge in [-0.2, -0.15) is 0 Å². The van der Waals surface area contributed by atoms with Crippen LogP contribution in [-0.2, 0) is 43.9 Å². The molecule has 2 aliphatic rings. The molecule has 2 fully saturated rings. The third-order valence-corrected chi connectivity index (χ3v) is 10.8. The topological polar surface area (TPSA) is 279 Å². The number of anilines is 1. The summed E-state index contributed by atoms with van der Waals surface area (Å²) < 4.78 is 63.3. The quantitative estimate of drug-likeness (QED) is 0.0986. The lowest BCUT2D eigenvalue weighted by Gasteiger charge is -2.41. The van der Waals surface area contributed by atoms with Crippen molar-refractivity contribution in [2.75, 3.05) is 26.1 Å². The minimum absolute atomic E-state index is 0.0338. The molecule has 18 nitrogen and oxygen atoms in total. The number of aliphatic hydroxyl groups excluding tert-OH is 5. The van der Waals surface area contributed by atoms with Crippen molar-refractivity contribution in [1.29, 1.82) is 0 Å². The van der Waals surface area contributed by atoms with E-state index < -0.39 is 88.0 Å². The van der Waals surface area contributed by atoms with Crippen molar-refractivity contribution in [2.45, 2.75) is 67.2 Å². The lowest BCUT2D eigenvalue weighted by molar-refractivity contribution is -0.287. The molecule has 0 saturated carbocycles. The van der Waals surface area contributed by atoms with E-state index in [2.05, 4.69) is 25.4 Å². The average molecular weight is 692 g/mol. The van der Waals surface area contributed by atoms with Crippen molar-refractivity contribution in [2.24, 2.45) is 0 Å². The smallest absolute Gasteiger partial charge is 0.458 e. The number of phosphoric ester groups is 1. The number of nitrogens with zero attached hydrogens (tertiary/aromatic N) is 2. The zero-order valence-corrected chi connectivity index (χ0v) is 25.6. The summed E-state index contributed by atoms with van der Waals surface area (Å²) in [7, 11) is -4.26. The molecule has 0 aliphatic carbocycles. The first-order chi connectivity index (χ1) is 20.5. The van der Waals surface area contributed by atoms with Crippen molar-refractivity contribution in [3.63, 3.8) is 0 Å². The standard InChI is InChI=1S/C22H32FN3O15P2S/c1-4-22(35-3)17(9-6-36-16-11(9)25-8-26-18(16)24)39-21(2,20(22)31)7-37-43(34,44)41-42(32,33)40-19-14(30)12(28)13(29)15(38-19)10(23)5-27/h4,6,8,10,12-15,17,19-20,27-31H,1,5,7H2,2-3H3,(H,32,33)(H,34,44)(H2,24,25,26)/t10-,12?,13?,14?,15?,17-,19?,20+,21+,22-,43?/m0/s1. The second-order valence-electron chi connectivity index (χ2n) is 10.1. The molecule has 0 aromatic carbocycles. The highest BCUT2D eigenvalue weighted by atomic mass is 32.5. The SMILES string of the molecule is C=C[C@]1(OC)[C@H](c2coc3c(N)ncnc23)O[C@](C)(COP(O)(=S)OP(=O)(O)OC2OC([C@@H](F)CO)C(O)C(O)C2O)[C@H]1O. The van der Waals surface area contributed by atoms with Gasteiger partial charge in [0.05, 0.1) is 19.5 Å². The summed E-state index contributed by atoms with van der Waals surface area (Å²) in [5.41, 5.74) is 3.06. The number of nitrogens with two attached hydrogens (primary N) is 1. The summed E-state index contributed by atoms with van der Waals surface area (Å²) in [5, 5.41) is 50.4. The molecule has 9 N–H and O–H groups in total. The van der Waals surface area contributed by atoms with Gasteiger partial charge in [-0.05, 0) is 18.7 Å². The van der Waals surface area contributed by atoms with E-state index in [1.165, 1.54) is 32.7 Å². The van der Waals surface area contributed by atoms with Gasteiger partial charge in [-0.3, -0.25) is 4.52 Å². The summed E-state index contributed by atoms with van der Waals surface area (Å²) in [5.74, 6) is 0.0338. The summed E-state index contributed by atoms with van der Waals surface area (Å²) >= 11 is 4.83. The van der Waals surface area contributed by atoms with Crippen molar-refractivity contribution in [3.05, 3.63) is 30.8 Å². The molecule has 248 valence electrons.